The largest absolute Gasteiger partial charge is 0.497 e. The minimum atomic E-state index is -0.754. The van der Waals surface area contributed by atoms with Crippen molar-refractivity contribution in [2.45, 2.75) is 27.2 Å². The number of aryl methyl sites for hydroxylation is 1. The molecule has 2 N–H and O–H groups in total. The lowest BCUT2D eigenvalue weighted by Crippen LogP contribution is -2.32. The predicted octanol–water partition coefficient (Wildman–Crippen LogP) is 2.90. The summed E-state index contributed by atoms with van der Waals surface area (Å²) in [6.45, 7) is 6.84. The van der Waals surface area contributed by atoms with E-state index >= 15 is 0 Å². The lowest BCUT2D eigenvalue weighted by molar-refractivity contribution is -0.117. The standard InChI is InChI=1S/C22H28N2O6/c1-5-29-13-7-12-23-21(26)20(25)19-18(15-8-10-16(28-4)11-9-15)17(14(3)24-19)22(27)30-6-2/h8-11,24H,5-7,12-13H2,1-4H3,(H,23,26). The molecule has 0 aliphatic heterocycles. The Morgan fingerprint density at radius 3 is 2.37 bits per heavy atom. The molecule has 0 radical (unpaired) electrons. The molecule has 1 heterocycles. The number of carbonyl (C=O) groups is 3. The molecule has 30 heavy (non-hydrogen) atoms. The lowest BCUT2D eigenvalue weighted by Gasteiger charge is -2.09. The van der Waals surface area contributed by atoms with Crippen molar-refractivity contribution in [3.63, 3.8) is 0 Å². The number of aromatic nitrogens is 1. The molecule has 0 aliphatic rings. The van der Waals surface area contributed by atoms with Gasteiger partial charge in [-0.15, -0.1) is 0 Å². The van der Waals surface area contributed by atoms with Crippen molar-refractivity contribution in [3.8, 4) is 16.9 Å². The normalized spacial score (nSPS) is 10.5. The molecule has 0 bridgehead atoms. The van der Waals surface area contributed by atoms with Crippen molar-refractivity contribution in [2.24, 2.45) is 0 Å². The molecule has 0 atom stereocenters. The molecule has 1 aromatic carbocycles. The Morgan fingerprint density at radius 2 is 1.77 bits per heavy atom. The van der Waals surface area contributed by atoms with Crippen LogP contribution in [0.5, 0.6) is 5.75 Å². The van der Waals surface area contributed by atoms with Crippen molar-refractivity contribution in [1.29, 1.82) is 0 Å². The van der Waals surface area contributed by atoms with Gasteiger partial charge < -0.3 is 24.5 Å². The van der Waals surface area contributed by atoms with Gasteiger partial charge in [-0.3, -0.25) is 9.59 Å². The molecule has 2 rings (SSSR count). The number of rotatable bonds is 11. The summed E-state index contributed by atoms with van der Waals surface area (Å²) in [5.41, 5.74) is 1.66. The number of hydrogen-bond donors (Lipinski definition) is 2. The minimum Gasteiger partial charge on any atom is -0.497 e. The van der Waals surface area contributed by atoms with Crippen LogP contribution in [-0.4, -0.2) is 56.1 Å². The van der Waals surface area contributed by atoms with Gasteiger partial charge in [0.1, 0.15) is 11.4 Å². The molecule has 1 amide bonds. The third-order valence-corrected chi connectivity index (χ3v) is 4.43. The van der Waals surface area contributed by atoms with Gasteiger partial charge in [-0.05, 0) is 44.9 Å². The van der Waals surface area contributed by atoms with E-state index in [0.717, 1.165) is 0 Å². The summed E-state index contributed by atoms with van der Waals surface area (Å²) in [5.74, 6) is -1.44. The van der Waals surface area contributed by atoms with Gasteiger partial charge in [0.2, 0.25) is 0 Å². The maximum absolute atomic E-state index is 12.9. The first-order chi connectivity index (χ1) is 14.4. The molecule has 0 aliphatic carbocycles. The van der Waals surface area contributed by atoms with Crippen molar-refractivity contribution in [1.82, 2.24) is 10.3 Å². The van der Waals surface area contributed by atoms with Crippen LogP contribution >= 0.6 is 0 Å². The Bertz CT molecular complexity index is 886. The van der Waals surface area contributed by atoms with Gasteiger partial charge in [-0.1, -0.05) is 12.1 Å². The van der Waals surface area contributed by atoms with Gasteiger partial charge in [0, 0.05) is 31.0 Å². The molecule has 162 valence electrons. The van der Waals surface area contributed by atoms with Crippen molar-refractivity contribution >= 4 is 17.7 Å². The Labute approximate surface area is 175 Å². The minimum absolute atomic E-state index is 0.0445. The summed E-state index contributed by atoms with van der Waals surface area (Å²) >= 11 is 0. The van der Waals surface area contributed by atoms with Crippen molar-refractivity contribution in [3.05, 3.63) is 41.2 Å². The average molecular weight is 416 g/mol. The fraction of sp³-hybridized carbons (Fsp3) is 0.409. The highest BCUT2D eigenvalue weighted by atomic mass is 16.5. The van der Waals surface area contributed by atoms with Gasteiger partial charge in [0.25, 0.3) is 11.7 Å². The number of hydrogen-bond acceptors (Lipinski definition) is 6. The SMILES string of the molecule is CCOCCCNC(=O)C(=O)c1[nH]c(C)c(C(=O)OCC)c1-c1ccc(OC)cc1. The van der Waals surface area contributed by atoms with E-state index in [-0.39, 0.29) is 17.9 Å². The number of Topliss-reactive ketones (excluding diaryl/α,β-unsaturated/α-hetero) is 1. The topological polar surface area (TPSA) is 107 Å². The van der Waals surface area contributed by atoms with Crippen molar-refractivity contribution < 1.29 is 28.6 Å². The highest BCUT2D eigenvalue weighted by Gasteiger charge is 2.29. The van der Waals surface area contributed by atoms with Crippen LogP contribution < -0.4 is 10.1 Å². The van der Waals surface area contributed by atoms with Crippen LogP contribution in [0.25, 0.3) is 11.1 Å². The van der Waals surface area contributed by atoms with Crippen LogP contribution in [0, 0.1) is 6.92 Å². The smallest absolute Gasteiger partial charge is 0.340 e. The number of ketones is 1. The molecule has 8 nitrogen and oxygen atoms in total. The van der Waals surface area contributed by atoms with Gasteiger partial charge >= 0.3 is 5.97 Å². The van der Waals surface area contributed by atoms with Crippen LogP contribution in [0.2, 0.25) is 0 Å². The van der Waals surface area contributed by atoms with E-state index in [2.05, 4.69) is 10.3 Å². The van der Waals surface area contributed by atoms with E-state index in [1.807, 2.05) is 6.92 Å². The molecular formula is C22H28N2O6. The highest BCUT2D eigenvalue weighted by molar-refractivity contribution is 6.43. The number of methoxy groups -OCH3 is 1. The van der Waals surface area contributed by atoms with Gasteiger partial charge in [0.15, 0.2) is 0 Å². The van der Waals surface area contributed by atoms with Gasteiger partial charge in [0.05, 0.1) is 19.3 Å². The zero-order valence-corrected chi connectivity index (χ0v) is 17.8. The summed E-state index contributed by atoms with van der Waals surface area (Å²) in [4.78, 5) is 40.8. The van der Waals surface area contributed by atoms with Crippen LogP contribution in [0.3, 0.4) is 0 Å². The summed E-state index contributed by atoms with van der Waals surface area (Å²) in [7, 11) is 1.55. The van der Waals surface area contributed by atoms with E-state index in [9.17, 15) is 14.4 Å². The van der Waals surface area contributed by atoms with Crippen LogP contribution in [0.4, 0.5) is 0 Å². The number of benzene rings is 1. The summed E-state index contributed by atoms with van der Waals surface area (Å²) in [6.07, 6.45) is 0.593. The fourth-order valence-electron chi connectivity index (χ4n) is 3.01. The number of aromatic amines is 1. The first kappa shape index (κ1) is 23.2. The highest BCUT2D eigenvalue weighted by Crippen LogP contribution is 2.32. The van der Waals surface area contributed by atoms with Crippen LogP contribution in [-0.2, 0) is 14.3 Å². The third kappa shape index (κ3) is 5.48. The summed E-state index contributed by atoms with van der Waals surface area (Å²) in [6, 6.07) is 6.88. The molecule has 0 saturated heterocycles. The molecule has 0 fully saturated rings. The van der Waals surface area contributed by atoms with Gasteiger partial charge in [-0.2, -0.15) is 0 Å². The third-order valence-electron chi connectivity index (χ3n) is 4.43. The van der Waals surface area contributed by atoms with Crippen molar-refractivity contribution in [2.75, 3.05) is 33.5 Å². The van der Waals surface area contributed by atoms with E-state index in [0.29, 0.717) is 48.7 Å². The second-order valence-electron chi connectivity index (χ2n) is 6.46. The quantitative estimate of drug-likeness (QED) is 0.252. The first-order valence-corrected chi connectivity index (χ1v) is 9.88. The second kappa shape index (κ2) is 11.2. The summed E-state index contributed by atoms with van der Waals surface area (Å²) < 4.78 is 15.6. The Kier molecular flexibility index (Phi) is 8.61. The Hall–Kier alpha value is -3.13. The first-order valence-electron chi connectivity index (χ1n) is 9.88. The van der Waals surface area contributed by atoms with E-state index in [1.165, 1.54) is 0 Å². The number of nitrogens with one attached hydrogen (secondary N) is 2. The molecule has 0 unspecified atom stereocenters. The maximum Gasteiger partial charge on any atom is 0.340 e. The summed E-state index contributed by atoms with van der Waals surface area (Å²) in [5, 5.41) is 2.60. The molecule has 8 heteroatoms. The fourth-order valence-corrected chi connectivity index (χ4v) is 3.01. The van der Waals surface area contributed by atoms with Crippen LogP contribution in [0.1, 0.15) is 46.8 Å². The number of ether oxygens (including phenoxy) is 3. The van der Waals surface area contributed by atoms with E-state index < -0.39 is 17.7 Å². The van der Waals surface area contributed by atoms with Gasteiger partial charge in [-0.25, -0.2) is 4.79 Å². The predicted molar refractivity (Wildman–Crippen MR) is 112 cm³/mol. The second-order valence-corrected chi connectivity index (χ2v) is 6.46. The Balaban J connectivity index is 2.38. The van der Waals surface area contributed by atoms with Crippen LogP contribution in [0.15, 0.2) is 24.3 Å². The molecule has 1 aromatic heterocycles. The number of H-pyrrole nitrogens is 1. The number of amides is 1. The average Bonchev–Trinajstić information content (AvgIpc) is 3.10. The monoisotopic (exact) mass is 416 g/mol. The zero-order valence-electron chi connectivity index (χ0n) is 17.8. The molecule has 0 saturated carbocycles. The molecular weight excluding hydrogens is 388 g/mol. The molecule has 0 spiro atoms. The zero-order chi connectivity index (χ0) is 22.1. The lowest BCUT2D eigenvalue weighted by atomic mass is 9.98. The van der Waals surface area contributed by atoms with E-state index in [1.54, 1.807) is 45.2 Å². The Morgan fingerprint density at radius 1 is 1.07 bits per heavy atom. The van der Waals surface area contributed by atoms with E-state index in [4.69, 9.17) is 14.2 Å². The molecule has 2 aromatic rings. The number of carbonyl (C=O) groups excluding carboxylic acids is 3. The number of esters is 1. The maximum atomic E-state index is 12.9.